The minimum Gasteiger partial charge on any atom is -0.410 e. The molecule has 0 unspecified atom stereocenters. The Balaban J connectivity index is 1.65. The van der Waals surface area contributed by atoms with Gasteiger partial charge in [0.25, 0.3) is 8.32 Å². The number of rotatable bonds is 12. The largest absolute Gasteiger partial charge is 0.410 e. The smallest absolute Gasteiger partial charge is 0.261 e. The Kier molecular flexibility index (Phi) is 11.5. The number of hydrogen-bond acceptors (Lipinski definition) is 4. The molecular weight excluding hydrogens is 577 g/mol. The number of benzene rings is 3. The molecule has 1 heterocycles. The standard InChI is InChI=1S/C38H56O4Si2/c1-28(2)43(29(3)4,30(5)6)42-35-27-32(41-37(36(35)39)31-19-13-10-14-20-31)25-26-40-44(38(7,8)9,33-21-15-11-16-22-33)34-23-17-12-18-24-34/h10-24,28-30,32,35-37,39H,25-27H2,1-9H3/t32-,35-,36+,37-/m1/s1. The maximum absolute atomic E-state index is 11.8. The van der Waals surface area contributed by atoms with Crippen LogP contribution in [-0.4, -0.2) is 46.7 Å². The van der Waals surface area contributed by atoms with Crippen LogP contribution in [0.4, 0.5) is 0 Å². The average Bonchev–Trinajstić information content (AvgIpc) is 2.99. The van der Waals surface area contributed by atoms with Crippen LogP contribution in [0.2, 0.25) is 21.7 Å². The van der Waals surface area contributed by atoms with Crippen molar-refractivity contribution in [1.82, 2.24) is 0 Å². The first-order valence-electron chi connectivity index (χ1n) is 16.7. The first kappa shape index (κ1) is 34.8. The Hall–Kier alpha value is -2.07. The van der Waals surface area contributed by atoms with E-state index in [1.165, 1.54) is 10.4 Å². The third-order valence-corrected chi connectivity index (χ3v) is 21.1. The second kappa shape index (κ2) is 14.6. The lowest BCUT2D eigenvalue weighted by molar-refractivity contribution is -0.170. The summed E-state index contributed by atoms with van der Waals surface area (Å²) in [7, 11) is -4.89. The summed E-state index contributed by atoms with van der Waals surface area (Å²) in [5.74, 6) is 0. The lowest BCUT2D eigenvalue weighted by Crippen LogP contribution is -2.66. The SMILES string of the molecule is CC(C)[Si](O[C@@H]1C[C@@H](CCO[Si](c2ccccc2)(c2ccccc2)C(C)(C)C)O[C@H](c2ccccc2)[C@H]1O)(C(C)C)C(C)C. The first-order valence-corrected chi connectivity index (χ1v) is 20.7. The molecule has 0 aliphatic carbocycles. The van der Waals surface area contributed by atoms with Gasteiger partial charge in [0.2, 0.25) is 8.32 Å². The van der Waals surface area contributed by atoms with Crippen molar-refractivity contribution in [2.24, 2.45) is 0 Å². The molecule has 4 rings (SSSR count). The fraction of sp³-hybridized carbons (Fsp3) is 0.526. The highest BCUT2D eigenvalue weighted by molar-refractivity contribution is 6.99. The second-order valence-corrected chi connectivity index (χ2v) is 24.3. The minimum atomic E-state index is -2.66. The highest BCUT2D eigenvalue weighted by Crippen LogP contribution is 2.46. The average molecular weight is 633 g/mol. The molecular formula is C38H56O4Si2. The zero-order valence-corrected chi connectivity index (χ0v) is 30.5. The summed E-state index contributed by atoms with van der Waals surface area (Å²) in [6.45, 7) is 21.4. The molecule has 3 aromatic carbocycles. The Morgan fingerprint density at radius 1 is 0.750 bits per heavy atom. The van der Waals surface area contributed by atoms with E-state index in [2.05, 4.69) is 135 Å². The fourth-order valence-electron chi connectivity index (χ4n) is 7.93. The van der Waals surface area contributed by atoms with E-state index in [1.807, 2.05) is 18.2 Å². The Labute approximate surface area is 269 Å². The molecule has 3 aromatic rings. The zero-order chi connectivity index (χ0) is 32.1. The highest BCUT2D eigenvalue weighted by Gasteiger charge is 2.52. The molecule has 0 spiro atoms. The molecule has 1 saturated heterocycles. The highest BCUT2D eigenvalue weighted by atomic mass is 28.4. The fourth-order valence-corrected chi connectivity index (χ4v) is 18.1. The van der Waals surface area contributed by atoms with Crippen LogP contribution >= 0.6 is 0 Å². The molecule has 0 bridgehead atoms. The first-order chi connectivity index (χ1) is 20.8. The van der Waals surface area contributed by atoms with Crippen LogP contribution in [0.25, 0.3) is 0 Å². The summed E-state index contributed by atoms with van der Waals surface area (Å²) in [6, 6.07) is 31.8. The van der Waals surface area contributed by atoms with Crippen LogP contribution in [0.15, 0.2) is 91.0 Å². The molecule has 0 radical (unpaired) electrons. The van der Waals surface area contributed by atoms with Gasteiger partial charge in [0, 0.05) is 13.0 Å². The lowest BCUT2D eigenvalue weighted by atomic mass is 9.92. The van der Waals surface area contributed by atoms with Crippen molar-refractivity contribution in [3.05, 3.63) is 96.6 Å². The Morgan fingerprint density at radius 3 is 1.64 bits per heavy atom. The van der Waals surface area contributed by atoms with Crippen molar-refractivity contribution in [3.63, 3.8) is 0 Å². The molecule has 4 nitrogen and oxygen atoms in total. The summed E-state index contributed by atoms with van der Waals surface area (Å²) >= 11 is 0. The molecule has 6 heteroatoms. The zero-order valence-electron chi connectivity index (χ0n) is 28.5. The maximum atomic E-state index is 11.8. The number of ether oxygens (including phenoxy) is 1. The van der Waals surface area contributed by atoms with Gasteiger partial charge in [-0.1, -0.05) is 153 Å². The third-order valence-electron chi connectivity index (χ3n) is 9.89. The Morgan fingerprint density at radius 2 is 1.20 bits per heavy atom. The number of hydrogen-bond donors (Lipinski definition) is 1. The van der Waals surface area contributed by atoms with E-state index in [1.54, 1.807) is 0 Å². The third kappa shape index (κ3) is 7.01. The van der Waals surface area contributed by atoms with Crippen molar-refractivity contribution in [3.8, 4) is 0 Å². The summed E-state index contributed by atoms with van der Waals surface area (Å²) < 4.78 is 21.3. The van der Waals surface area contributed by atoms with Crippen molar-refractivity contribution in [1.29, 1.82) is 0 Å². The van der Waals surface area contributed by atoms with Gasteiger partial charge in [0.15, 0.2) is 0 Å². The van der Waals surface area contributed by atoms with Crippen molar-refractivity contribution in [2.75, 3.05) is 6.61 Å². The molecule has 240 valence electrons. The maximum Gasteiger partial charge on any atom is 0.261 e. The van der Waals surface area contributed by atoms with Crippen LogP contribution in [0.1, 0.15) is 86.8 Å². The van der Waals surface area contributed by atoms with Crippen LogP contribution in [0.3, 0.4) is 0 Å². The quantitative estimate of drug-likeness (QED) is 0.204. The van der Waals surface area contributed by atoms with Crippen molar-refractivity contribution < 1.29 is 18.7 Å². The predicted octanol–water partition coefficient (Wildman–Crippen LogP) is 8.40. The van der Waals surface area contributed by atoms with Gasteiger partial charge in [-0.25, -0.2) is 0 Å². The van der Waals surface area contributed by atoms with Crippen molar-refractivity contribution in [2.45, 2.75) is 121 Å². The van der Waals surface area contributed by atoms with E-state index in [9.17, 15) is 5.11 Å². The van der Waals surface area contributed by atoms with Crippen LogP contribution in [0.5, 0.6) is 0 Å². The molecule has 0 amide bonds. The summed E-state index contributed by atoms with van der Waals surface area (Å²) in [6.07, 6.45) is -0.147. The van der Waals surface area contributed by atoms with Gasteiger partial charge in [0.05, 0.1) is 12.2 Å². The summed E-state index contributed by atoms with van der Waals surface area (Å²) in [5, 5.41) is 14.3. The van der Waals surface area contributed by atoms with Gasteiger partial charge in [-0.05, 0) is 44.0 Å². The normalized spacial score (nSPS) is 21.8. The Bertz CT molecular complexity index is 1210. The van der Waals surface area contributed by atoms with Gasteiger partial charge in [-0.15, -0.1) is 0 Å². The lowest BCUT2D eigenvalue weighted by Gasteiger charge is -2.49. The summed E-state index contributed by atoms with van der Waals surface area (Å²) in [5.41, 5.74) is 2.30. The van der Waals surface area contributed by atoms with Crippen LogP contribution in [0, 0.1) is 0 Å². The molecule has 1 fully saturated rings. The van der Waals surface area contributed by atoms with E-state index in [4.69, 9.17) is 13.6 Å². The molecule has 1 aliphatic rings. The van der Waals surface area contributed by atoms with Crippen LogP contribution in [-0.2, 0) is 13.6 Å². The summed E-state index contributed by atoms with van der Waals surface area (Å²) in [4.78, 5) is 0. The number of aliphatic hydroxyl groups is 1. The van der Waals surface area contributed by atoms with Gasteiger partial charge in [0.1, 0.15) is 12.2 Å². The van der Waals surface area contributed by atoms with E-state index in [-0.39, 0.29) is 17.2 Å². The van der Waals surface area contributed by atoms with E-state index in [0.29, 0.717) is 29.7 Å². The van der Waals surface area contributed by atoms with E-state index >= 15 is 0 Å². The molecule has 0 saturated carbocycles. The number of aliphatic hydroxyl groups excluding tert-OH is 1. The van der Waals surface area contributed by atoms with E-state index in [0.717, 1.165) is 12.0 Å². The van der Waals surface area contributed by atoms with E-state index < -0.39 is 28.8 Å². The monoisotopic (exact) mass is 632 g/mol. The molecule has 1 N–H and O–H groups in total. The van der Waals surface area contributed by atoms with Gasteiger partial charge >= 0.3 is 0 Å². The van der Waals surface area contributed by atoms with Gasteiger partial charge < -0.3 is 18.7 Å². The van der Waals surface area contributed by atoms with Gasteiger partial charge in [-0.2, -0.15) is 0 Å². The van der Waals surface area contributed by atoms with Gasteiger partial charge in [-0.3, -0.25) is 0 Å². The molecule has 44 heavy (non-hydrogen) atoms. The van der Waals surface area contributed by atoms with Crippen LogP contribution < -0.4 is 10.4 Å². The van der Waals surface area contributed by atoms with Crippen molar-refractivity contribution >= 4 is 27.0 Å². The predicted molar refractivity (Wildman–Crippen MR) is 189 cm³/mol. The molecule has 0 aromatic heterocycles. The minimum absolute atomic E-state index is 0.0888. The molecule has 4 atom stereocenters. The molecule has 1 aliphatic heterocycles. The topological polar surface area (TPSA) is 47.9 Å². The second-order valence-electron chi connectivity index (χ2n) is 14.6.